The number of unbranched alkanes of at least 4 members (excludes halogenated alkanes) is 4. The average Bonchev–Trinajstić information content (AvgIpc) is 2.77. The van der Waals surface area contributed by atoms with Crippen molar-refractivity contribution in [3.05, 3.63) is 71.8 Å². The predicted molar refractivity (Wildman–Crippen MR) is 128 cm³/mol. The van der Waals surface area contributed by atoms with Crippen molar-refractivity contribution in [2.45, 2.75) is 76.3 Å². The summed E-state index contributed by atoms with van der Waals surface area (Å²) in [6.45, 7) is 4.23. The van der Waals surface area contributed by atoms with Gasteiger partial charge in [-0.15, -0.1) is 0 Å². The minimum Gasteiger partial charge on any atom is -0.277 e. The Labute approximate surface area is 189 Å². The lowest BCUT2D eigenvalue weighted by atomic mass is 9.87. The summed E-state index contributed by atoms with van der Waals surface area (Å²) in [7, 11) is 0. The molecule has 0 amide bonds. The second-order valence-electron chi connectivity index (χ2n) is 8.07. The number of halogens is 3. The van der Waals surface area contributed by atoms with Crippen molar-refractivity contribution in [3.63, 3.8) is 0 Å². The van der Waals surface area contributed by atoms with Crippen LogP contribution in [0.1, 0.15) is 76.3 Å². The summed E-state index contributed by atoms with van der Waals surface area (Å²) in [5, 5.41) is 0. The lowest BCUT2D eigenvalue weighted by Crippen LogP contribution is -2.33. The van der Waals surface area contributed by atoms with Crippen molar-refractivity contribution < 1.29 is 13.2 Å². The van der Waals surface area contributed by atoms with Crippen molar-refractivity contribution in [3.8, 4) is 0 Å². The molecule has 5 heteroatoms. The summed E-state index contributed by atoms with van der Waals surface area (Å²) < 4.78 is 39.8. The lowest BCUT2D eigenvalue weighted by molar-refractivity contribution is -0.0331. The van der Waals surface area contributed by atoms with Gasteiger partial charge < -0.3 is 0 Å². The number of alkyl halides is 3. The normalized spacial score (nSPS) is 12.0. The van der Waals surface area contributed by atoms with E-state index in [2.05, 4.69) is 13.8 Å². The number of hydrogen-bond donors (Lipinski definition) is 0. The molecule has 0 atom stereocenters. The highest BCUT2D eigenvalue weighted by Gasteiger charge is 2.37. The Kier molecular flexibility index (Phi) is 10.7. The van der Waals surface area contributed by atoms with E-state index in [4.69, 9.17) is 4.99 Å². The first-order chi connectivity index (χ1) is 14.9. The molecule has 0 saturated carbocycles. The van der Waals surface area contributed by atoms with Gasteiger partial charge in [-0.05, 0) is 24.6 Å². The van der Waals surface area contributed by atoms with Crippen LogP contribution >= 0.6 is 11.8 Å². The first-order valence-corrected chi connectivity index (χ1v) is 12.3. The van der Waals surface area contributed by atoms with E-state index in [1.54, 1.807) is 0 Å². The number of hydrogen-bond acceptors (Lipinski definition) is 2. The minimum absolute atomic E-state index is 0.0346. The lowest BCUT2D eigenvalue weighted by Gasteiger charge is -2.32. The molecule has 0 spiro atoms. The molecule has 0 N–H and O–H groups in total. The zero-order chi connectivity index (χ0) is 22.6. The SMILES string of the molecule is CCCCCC(CCCCC)(CSC(F)(F)F)N=C(c1ccccc1)c1ccccc1. The Morgan fingerprint density at radius 2 is 1.19 bits per heavy atom. The molecule has 0 fully saturated rings. The van der Waals surface area contributed by atoms with Crippen molar-refractivity contribution in [1.29, 1.82) is 0 Å². The van der Waals surface area contributed by atoms with E-state index in [0.717, 1.165) is 55.4 Å². The smallest absolute Gasteiger partial charge is 0.277 e. The van der Waals surface area contributed by atoms with Gasteiger partial charge in [-0.1, -0.05) is 113 Å². The Hall–Kier alpha value is -1.75. The molecule has 170 valence electrons. The van der Waals surface area contributed by atoms with Crippen LogP contribution in [0.5, 0.6) is 0 Å². The first kappa shape index (κ1) is 25.5. The molecule has 0 bridgehead atoms. The maximum atomic E-state index is 13.3. The van der Waals surface area contributed by atoms with Crippen molar-refractivity contribution in [2.75, 3.05) is 5.75 Å². The van der Waals surface area contributed by atoms with Crippen LogP contribution in [0.15, 0.2) is 65.7 Å². The van der Waals surface area contributed by atoms with E-state index >= 15 is 0 Å². The van der Waals surface area contributed by atoms with Crippen LogP contribution in [0, 0.1) is 0 Å². The summed E-state index contributed by atoms with van der Waals surface area (Å²) in [5.41, 5.74) is -2.30. The van der Waals surface area contributed by atoms with Crippen molar-refractivity contribution >= 4 is 17.5 Å². The monoisotopic (exact) mass is 449 g/mol. The van der Waals surface area contributed by atoms with Gasteiger partial charge in [0.15, 0.2) is 0 Å². The molecule has 2 rings (SSSR count). The molecule has 2 aromatic carbocycles. The summed E-state index contributed by atoms with van der Waals surface area (Å²) in [4.78, 5) is 5.19. The quantitative estimate of drug-likeness (QED) is 0.220. The fraction of sp³-hybridized carbons (Fsp3) is 0.500. The molecule has 0 aliphatic heterocycles. The molecule has 0 aliphatic carbocycles. The van der Waals surface area contributed by atoms with Gasteiger partial charge >= 0.3 is 5.51 Å². The third-order valence-electron chi connectivity index (χ3n) is 5.44. The molecule has 0 saturated heterocycles. The van der Waals surface area contributed by atoms with Gasteiger partial charge in [0.25, 0.3) is 0 Å². The molecule has 0 aliphatic rings. The molecule has 1 nitrogen and oxygen atoms in total. The standard InChI is InChI=1S/C26H34F3NS/c1-3-5-13-19-25(20-14-6-4-2,21-31-26(27,28)29)30-24(22-15-9-7-10-16-22)23-17-11-8-12-18-23/h7-12,15-18H,3-6,13-14,19-21H2,1-2H3. The molecular formula is C26H34F3NS. The second kappa shape index (κ2) is 12.9. The van der Waals surface area contributed by atoms with E-state index in [9.17, 15) is 13.2 Å². The van der Waals surface area contributed by atoms with Crippen LogP contribution in [-0.4, -0.2) is 22.5 Å². The second-order valence-corrected chi connectivity index (χ2v) is 9.11. The van der Waals surface area contributed by atoms with Gasteiger partial charge in [-0.25, -0.2) is 0 Å². The van der Waals surface area contributed by atoms with Crippen LogP contribution in [0.25, 0.3) is 0 Å². The molecular weight excluding hydrogens is 415 g/mol. The number of benzene rings is 2. The summed E-state index contributed by atoms with van der Waals surface area (Å²) >= 11 is 0.0819. The topological polar surface area (TPSA) is 12.4 Å². The number of nitrogens with zero attached hydrogens (tertiary/aromatic N) is 1. The first-order valence-electron chi connectivity index (χ1n) is 11.3. The largest absolute Gasteiger partial charge is 0.441 e. The number of aliphatic imine (C=N–C) groups is 1. The van der Waals surface area contributed by atoms with Crippen LogP contribution in [-0.2, 0) is 0 Å². The van der Waals surface area contributed by atoms with Crippen LogP contribution < -0.4 is 0 Å². The molecule has 2 aromatic rings. The van der Waals surface area contributed by atoms with E-state index in [0.29, 0.717) is 12.8 Å². The van der Waals surface area contributed by atoms with Gasteiger partial charge in [0.1, 0.15) is 0 Å². The van der Waals surface area contributed by atoms with Gasteiger partial charge in [-0.2, -0.15) is 13.2 Å². The average molecular weight is 450 g/mol. The highest BCUT2D eigenvalue weighted by atomic mass is 32.2. The Morgan fingerprint density at radius 1 is 0.742 bits per heavy atom. The maximum absolute atomic E-state index is 13.3. The molecule has 0 aromatic heterocycles. The van der Waals surface area contributed by atoms with Gasteiger partial charge in [0.05, 0.1) is 11.3 Å². The predicted octanol–water partition coefficient (Wildman–Crippen LogP) is 8.68. The van der Waals surface area contributed by atoms with Crippen LogP contribution in [0.4, 0.5) is 13.2 Å². The molecule has 0 radical (unpaired) electrons. The van der Waals surface area contributed by atoms with Crippen molar-refractivity contribution in [2.24, 2.45) is 4.99 Å². The Balaban J connectivity index is 2.54. The van der Waals surface area contributed by atoms with E-state index < -0.39 is 11.0 Å². The van der Waals surface area contributed by atoms with Crippen molar-refractivity contribution in [1.82, 2.24) is 0 Å². The minimum atomic E-state index is -4.25. The van der Waals surface area contributed by atoms with Gasteiger partial charge in [0, 0.05) is 16.9 Å². The molecule has 0 unspecified atom stereocenters. The highest BCUT2D eigenvalue weighted by molar-refractivity contribution is 8.00. The zero-order valence-electron chi connectivity index (χ0n) is 18.6. The highest BCUT2D eigenvalue weighted by Crippen LogP contribution is 2.39. The number of thioether (sulfide) groups is 1. The van der Waals surface area contributed by atoms with Crippen LogP contribution in [0.3, 0.4) is 0 Å². The molecule has 31 heavy (non-hydrogen) atoms. The Morgan fingerprint density at radius 3 is 1.58 bits per heavy atom. The maximum Gasteiger partial charge on any atom is 0.441 e. The summed E-state index contributed by atoms with van der Waals surface area (Å²) in [6, 6.07) is 19.7. The summed E-state index contributed by atoms with van der Waals surface area (Å²) in [6.07, 6.45) is 7.22. The third-order valence-corrected chi connectivity index (χ3v) is 6.45. The van der Waals surface area contributed by atoms with E-state index in [1.807, 2.05) is 60.7 Å². The van der Waals surface area contributed by atoms with Gasteiger partial charge in [-0.3, -0.25) is 4.99 Å². The van der Waals surface area contributed by atoms with Gasteiger partial charge in [0.2, 0.25) is 0 Å². The Bertz CT molecular complexity index is 721. The summed E-state index contributed by atoms with van der Waals surface area (Å²) in [5.74, 6) is -0.0346. The fourth-order valence-corrected chi connectivity index (χ4v) is 4.55. The van der Waals surface area contributed by atoms with Crippen LogP contribution in [0.2, 0.25) is 0 Å². The molecule has 0 heterocycles. The third kappa shape index (κ3) is 9.10. The van der Waals surface area contributed by atoms with E-state index in [1.165, 1.54) is 0 Å². The fourth-order valence-electron chi connectivity index (χ4n) is 3.76. The van der Waals surface area contributed by atoms with E-state index in [-0.39, 0.29) is 17.5 Å². The number of rotatable bonds is 13. The zero-order valence-corrected chi connectivity index (χ0v) is 19.4.